The number of thiophene rings is 1. The van der Waals surface area contributed by atoms with Crippen LogP contribution in [0.3, 0.4) is 0 Å². The first-order valence-electron chi connectivity index (χ1n) is 9.53. The van der Waals surface area contributed by atoms with Crippen molar-refractivity contribution in [3.05, 3.63) is 46.9 Å². The Kier molecular flexibility index (Phi) is 5.57. The van der Waals surface area contributed by atoms with Crippen molar-refractivity contribution in [3.63, 3.8) is 0 Å². The van der Waals surface area contributed by atoms with Gasteiger partial charge >= 0.3 is 0 Å². The van der Waals surface area contributed by atoms with Gasteiger partial charge < -0.3 is 5.32 Å². The van der Waals surface area contributed by atoms with Gasteiger partial charge in [-0.3, -0.25) is 4.98 Å². The summed E-state index contributed by atoms with van der Waals surface area (Å²) in [6, 6.07) is 9.24. The Balaban J connectivity index is 1.60. The molecule has 3 aromatic rings. The van der Waals surface area contributed by atoms with Crippen LogP contribution in [0.25, 0.3) is 21.9 Å². The highest BCUT2D eigenvalue weighted by Crippen LogP contribution is 2.33. The highest BCUT2D eigenvalue weighted by Gasteiger charge is 2.25. The molecule has 0 spiro atoms. The van der Waals surface area contributed by atoms with E-state index in [9.17, 15) is 4.21 Å². The summed E-state index contributed by atoms with van der Waals surface area (Å²) in [6.07, 6.45) is 5.84. The molecule has 27 heavy (non-hydrogen) atoms. The molecule has 0 aliphatic carbocycles. The lowest BCUT2D eigenvalue weighted by Gasteiger charge is -2.29. The summed E-state index contributed by atoms with van der Waals surface area (Å²) >= 11 is 1.79. The van der Waals surface area contributed by atoms with E-state index in [2.05, 4.69) is 51.2 Å². The van der Waals surface area contributed by atoms with Gasteiger partial charge in [-0.25, -0.2) is 0 Å². The average Bonchev–Trinajstić information content (AvgIpc) is 3.14. The van der Waals surface area contributed by atoms with Gasteiger partial charge in [-0.2, -0.15) is 0 Å². The standard InChI is InChI=1S/C21H25N3OS2/c1-3-27(25)24-8-5-19(6-9-24)23-21-12-17(18-10-15(2)26-14-18)11-16-4-7-22-13-20(16)21/h4,7,10-14,19,23H,3,5-6,8-9H2,1-2H3/p+1. The molecule has 142 valence electrons. The normalized spacial score (nSPS) is 17.3. The van der Waals surface area contributed by atoms with E-state index in [0.29, 0.717) is 6.04 Å². The van der Waals surface area contributed by atoms with E-state index in [1.165, 1.54) is 21.4 Å². The van der Waals surface area contributed by atoms with Gasteiger partial charge in [0.15, 0.2) is 0 Å². The Bertz CT molecular complexity index is 961. The Morgan fingerprint density at radius 1 is 1.26 bits per heavy atom. The molecule has 1 fully saturated rings. The zero-order valence-corrected chi connectivity index (χ0v) is 17.5. The fraction of sp³-hybridized carbons (Fsp3) is 0.381. The maximum absolute atomic E-state index is 12.1. The van der Waals surface area contributed by atoms with Crippen molar-refractivity contribution in [1.82, 2.24) is 9.29 Å². The number of hydrogen-bond donors (Lipinski definition) is 1. The monoisotopic (exact) mass is 400 g/mol. The van der Waals surface area contributed by atoms with Crippen LogP contribution in [0.5, 0.6) is 0 Å². The minimum absolute atomic E-state index is 0.407. The van der Waals surface area contributed by atoms with Crippen molar-refractivity contribution < 1.29 is 4.21 Å². The summed E-state index contributed by atoms with van der Waals surface area (Å²) in [6.45, 7) is 5.95. The molecule has 1 saturated heterocycles. The Hall–Kier alpha value is -1.76. The minimum atomic E-state index is -1.19. The molecule has 0 amide bonds. The van der Waals surface area contributed by atoms with Crippen LogP contribution in [0.2, 0.25) is 0 Å². The predicted molar refractivity (Wildman–Crippen MR) is 118 cm³/mol. The van der Waals surface area contributed by atoms with Gasteiger partial charge in [-0.05, 0) is 72.8 Å². The van der Waals surface area contributed by atoms with E-state index in [0.717, 1.165) is 42.8 Å². The van der Waals surface area contributed by atoms with Crippen LogP contribution < -0.4 is 5.32 Å². The molecule has 1 aliphatic rings. The molecular weight excluding hydrogens is 374 g/mol. The van der Waals surface area contributed by atoms with Crippen LogP contribution in [0.1, 0.15) is 24.6 Å². The second-order valence-corrected chi connectivity index (χ2v) is 10.1. The SMILES string of the molecule is CC[SH+](=O)N1CCC(Nc2cc(-c3csc(C)c3)cc3ccncc23)CC1. The highest BCUT2D eigenvalue weighted by atomic mass is 32.2. The van der Waals surface area contributed by atoms with E-state index in [1.54, 1.807) is 11.3 Å². The lowest BCUT2D eigenvalue weighted by Crippen LogP contribution is -2.40. The first kappa shape index (κ1) is 18.6. The molecule has 0 bridgehead atoms. The number of hydrogen-bond acceptors (Lipinski definition) is 4. The van der Waals surface area contributed by atoms with Crippen molar-refractivity contribution in [1.29, 1.82) is 0 Å². The number of thiol groups is 1. The first-order chi connectivity index (χ1) is 13.1. The largest absolute Gasteiger partial charge is 0.382 e. The zero-order valence-electron chi connectivity index (χ0n) is 15.8. The van der Waals surface area contributed by atoms with E-state index >= 15 is 0 Å². The van der Waals surface area contributed by atoms with Gasteiger partial charge in [0.05, 0.1) is 0 Å². The zero-order chi connectivity index (χ0) is 18.8. The summed E-state index contributed by atoms with van der Waals surface area (Å²) in [5.41, 5.74) is 3.67. The number of pyridine rings is 1. The number of aromatic nitrogens is 1. The number of fused-ring (bicyclic) bond motifs is 1. The maximum atomic E-state index is 12.1. The van der Waals surface area contributed by atoms with Gasteiger partial charge in [0, 0.05) is 47.5 Å². The second-order valence-electron chi connectivity index (χ2n) is 7.11. The molecule has 0 radical (unpaired) electrons. The lowest BCUT2D eigenvalue weighted by atomic mass is 10.0. The molecule has 6 heteroatoms. The van der Waals surface area contributed by atoms with Gasteiger partial charge in [0.25, 0.3) is 0 Å². The molecule has 4 rings (SSSR count). The third-order valence-corrected chi connectivity index (χ3v) is 7.67. The number of aryl methyl sites for hydroxylation is 1. The van der Waals surface area contributed by atoms with Crippen LogP contribution in [0, 0.1) is 6.92 Å². The molecule has 1 atom stereocenters. The smallest absolute Gasteiger partial charge is 0.144 e. The maximum Gasteiger partial charge on any atom is 0.144 e. The molecular formula is C21H26N3OS2+. The molecule has 2 aromatic heterocycles. The Labute approximate surface area is 167 Å². The molecule has 3 heterocycles. The third kappa shape index (κ3) is 4.08. The quantitative estimate of drug-likeness (QED) is 0.495. The topological polar surface area (TPSA) is 45.2 Å². The number of nitrogens with one attached hydrogen (secondary N) is 1. The summed E-state index contributed by atoms with van der Waals surface area (Å²) in [7, 11) is -1.19. The van der Waals surface area contributed by atoms with Gasteiger partial charge in [0.2, 0.25) is 0 Å². The Morgan fingerprint density at radius 3 is 2.78 bits per heavy atom. The Morgan fingerprint density at radius 2 is 2.07 bits per heavy atom. The van der Waals surface area contributed by atoms with Crippen molar-refractivity contribution in [2.45, 2.75) is 32.7 Å². The fourth-order valence-corrected chi connectivity index (χ4v) is 5.52. The van der Waals surface area contributed by atoms with Crippen molar-refractivity contribution in [2.75, 3.05) is 24.2 Å². The molecule has 1 aromatic carbocycles. The van der Waals surface area contributed by atoms with Crippen LogP contribution in [-0.2, 0) is 15.2 Å². The number of benzene rings is 1. The first-order valence-corrected chi connectivity index (χ1v) is 11.8. The average molecular weight is 401 g/mol. The number of rotatable bonds is 5. The lowest BCUT2D eigenvalue weighted by molar-refractivity contribution is 0.342. The fourth-order valence-electron chi connectivity index (χ4n) is 3.73. The number of nitrogens with zero attached hydrogens (tertiary/aromatic N) is 2. The second kappa shape index (κ2) is 8.09. The minimum Gasteiger partial charge on any atom is -0.382 e. The van der Waals surface area contributed by atoms with E-state index in [-0.39, 0.29) is 0 Å². The number of anilines is 1. The molecule has 1 N–H and O–H groups in total. The van der Waals surface area contributed by atoms with Crippen LogP contribution >= 0.6 is 11.3 Å². The molecule has 0 saturated carbocycles. The molecule has 1 unspecified atom stereocenters. The van der Waals surface area contributed by atoms with Gasteiger partial charge in [-0.1, -0.05) is 4.21 Å². The summed E-state index contributed by atoms with van der Waals surface area (Å²) < 4.78 is 14.2. The van der Waals surface area contributed by atoms with Crippen molar-refractivity contribution in [2.24, 2.45) is 0 Å². The van der Waals surface area contributed by atoms with Crippen LogP contribution in [-0.4, -0.2) is 34.2 Å². The third-order valence-electron chi connectivity index (χ3n) is 5.24. The molecule has 4 nitrogen and oxygen atoms in total. The van der Waals surface area contributed by atoms with Crippen molar-refractivity contribution in [3.8, 4) is 11.1 Å². The number of piperidine rings is 1. The van der Waals surface area contributed by atoms with Crippen molar-refractivity contribution >= 4 is 38.8 Å². The van der Waals surface area contributed by atoms with E-state index in [4.69, 9.17) is 0 Å². The summed E-state index contributed by atoms with van der Waals surface area (Å²) in [4.78, 5) is 5.66. The summed E-state index contributed by atoms with van der Waals surface area (Å²) in [5, 5.41) is 8.35. The van der Waals surface area contributed by atoms with Gasteiger partial charge in [0.1, 0.15) is 16.7 Å². The van der Waals surface area contributed by atoms with E-state index in [1.807, 2.05) is 19.3 Å². The van der Waals surface area contributed by atoms with Crippen LogP contribution in [0.15, 0.2) is 42.0 Å². The summed E-state index contributed by atoms with van der Waals surface area (Å²) in [5.74, 6) is 0.742. The highest BCUT2D eigenvalue weighted by molar-refractivity contribution is 7.82. The van der Waals surface area contributed by atoms with Gasteiger partial charge in [-0.15, -0.1) is 15.6 Å². The van der Waals surface area contributed by atoms with E-state index < -0.39 is 11.0 Å². The predicted octanol–water partition coefficient (Wildman–Crippen LogP) is 4.78. The van der Waals surface area contributed by atoms with Crippen LogP contribution in [0.4, 0.5) is 5.69 Å². The molecule has 1 aliphatic heterocycles.